The van der Waals surface area contributed by atoms with Crippen LogP contribution in [0, 0.1) is 6.92 Å². The maximum absolute atomic E-state index is 4.51. The van der Waals surface area contributed by atoms with Crippen molar-refractivity contribution in [2.24, 2.45) is 0 Å². The third-order valence-corrected chi connectivity index (χ3v) is 2.97. The summed E-state index contributed by atoms with van der Waals surface area (Å²) in [5.74, 6) is 0.895. The minimum absolute atomic E-state index is 0.793. The minimum Gasteiger partial charge on any atom is -0.366 e. The van der Waals surface area contributed by atoms with E-state index in [2.05, 4.69) is 52.5 Å². The van der Waals surface area contributed by atoms with Crippen molar-refractivity contribution in [1.82, 2.24) is 9.97 Å². The summed E-state index contributed by atoms with van der Waals surface area (Å²) in [6.07, 6.45) is 1.90. The van der Waals surface area contributed by atoms with Gasteiger partial charge in [-0.2, -0.15) is 0 Å². The third kappa shape index (κ3) is 2.20. The van der Waals surface area contributed by atoms with E-state index < -0.39 is 0 Å². The molecule has 0 amide bonds. The van der Waals surface area contributed by atoms with Gasteiger partial charge in [0.25, 0.3) is 0 Å². The van der Waals surface area contributed by atoms with Gasteiger partial charge >= 0.3 is 0 Å². The van der Waals surface area contributed by atoms with Crippen molar-refractivity contribution in [3.05, 3.63) is 59.8 Å². The molecule has 0 aliphatic heterocycles. The van der Waals surface area contributed by atoms with Crippen LogP contribution < -0.4 is 5.32 Å². The Bertz CT molecular complexity index is 670. The van der Waals surface area contributed by atoms with Crippen LogP contribution in [0.15, 0.2) is 48.7 Å². The fourth-order valence-electron chi connectivity index (χ4n) is 2.04. The second kappa shape index (κ2) is 4.53. The molecule has 0 saturated carbocycles. The molecule has 2 N–H and O–H groups in total. The molecule has 18 heavy (non-hydrogen) atoms. The zero-order chi connectivity index (χ0) is 12.4. The Labute approximate surface area is 106 Å². The van der Waals surface area contributed by atoms with Crippen LogP contribution in [0.4, 0.5) is 5.82 Å². The highest BCUT2D eigenvalue weighted by molar-refractivity contribution is 5.77. The quantitative estimate of drug-likeness (QED) is 0.732. The summed E-state index contributed by atoms with van der Waals surface area (Å²) < 4.78 is 0. The molecule has 0 radical (unpaired) electrons. The number of rotatable bonds is 3. The lowest BCUT2D eigenvalue weighted by Crippen LogP contribution is -2.01. The summed E-state index contributed by atoms with van der Waals surface area (Å²) in [6, 6.07) is 14.6. The average molecular weight is 237 g/mol. The van der Waals surface area contributed by atoms with Crippen molar-refractivity contribution in [2.45, 2.75) is 13.5 Å². The Morgan fingerprint density at radius 1 is 1.17 bits per heavy atom. The number of nitrogens with one attached hydrogen (secondary N) is 2. The Balaban J connectivity index is 1.76. The second-order valence-corrected chi connectivity index (χ2v) is 4.45. The van der Waals surface area contributed by atoms with E-state index in [1.165, 1.54) is 11.1 Å². The van der Waals surface area contributed by atoms with Gasteiger partial charge in [0.05, 0.1) is 0 Å². The first-order valence-electron chi connectivity index (χ1n) is 6.05. The Hall–Kier alpha value is -2.29. The number of aromatic nitrogens is 2. The van der Waals surface area contributed by atoms with Crippen LogP contribution in [0.1, 0.15) is 11.1 Å². The molecule has 2 aromatic heterocycles. The van der Waals surface area contributed by atoms with Gasteiger partial charge in [-0.1, -0.05) is 29.8 Å². The van der Waals surface area contributed by atoms with Gasteiger partial charge in [-0.15, -0.1) is 0 Å². The van der Waals surface area contributed by atoms with Crippen LogP contribution in [-0.2, 0) is 6.54 Å². The number of hydrogen-bond donors (Lipinski definition) is 2. The van der Waals surface area contributed by atoms with Crippen molar-refractivity contribution < 1.29 is 0 Å². The lowest BCUT2D eigenvalue weighted by Gasteiger charge is -2.06. The van der Waals surface area contributed by atoms with Gasteiger partial charge in [0.15, 0.2) is 0 Å². The molecule has 0 bridgehead atoms. The molecule has 0 aliphatic carbocycles. The van der Waals surface area contributed by atoms with Gasteiger partial charge in [-0.05, 0) is 30.7 Å². The highest BCUT2D eigenvalue weighted by atomic mass is 15.0. The van der Waals surface area contributed by atoms with E-state index in [1.54, 1.807) is 0 Å². The zero-order valence-electron chi connectivity index (χ0n) is 10.3. The largest absolute Gasteiger partial charge is 0.366 e. The number of hydrogen-bond acceptors (Lipinski definition) is 2. The van der Waals surface area contributed by atoms with E-state index in [4.69, 9.17) is 0 Å². The molecular formula is C15H15N3. The van der Waals surface area contributed by atoms with Crippen LogP contribution in [-0.4, -0.2) is 9.97 Å². The van der Waals surface area contributed by atoms with Gasteiger partial charge in [0.1, 0.15) is 11.5 Å². The Kier molecular flexibility index (Phi) is 2.73. The predicted molar refractivity (Wildman–Crippen MR) is 74.6 cm³/mol. The van der Waals surface area contributed by atoms with Crippen LogP contribution in [0.5, 0.6) is 0 Å². The van der Waals surface area contributed by atoms with Gasteiger partial charge < -0.3 is 10.3 Å². The standard InChI is InChI=1S/C15H15N3/c1-11-3-2-4-12(9-11)10-17-14-6-5-13-7-8-16-15(13)18-14/h2-9H,10H2,1H3,(H2,16,17,18). The summed E-state index contributed by atoms with van der Waals surface area (Å²) >= 11 is 0. The molecule has 2 heterocycles. The average Bonchev–Trinajstić information content (AvgIpc) is 2.84. The zero-order valence-corrected chi connectivity index (χ0v) is 10.3. The maximum atomic E-state index is 4.51. The molecule has 3 nitrogen and oxygen atoms in total. The topological polar surface area (TPSA) is 40.7 Å². The third-order valence-electron chi connectivity index (χ3n) is 2.97. The van der Waals surface area contributed by atoms with Gasteiger partial charge in [-0.25, -0.2) is 4.98 Å². The van der Waals surface area contributed by atoms with Gasteiger partial charge in [0, 0.05) is 18.1 Å². The van der Waals surface area contributed by atoms with Crippen LogP contribution in [0.2, 0.25) is 0 Å². The molecule has 0 fully saturated rings. The number of aromatic amines is 1. The molecule has 1 aromatic carbocycles. The molecule has 90 valence electrons. The smallest absolute Gasteiger partial charge is 0.139 e. The normalized spacial score (nSPS) is 10.7. The van der Waals surface area contributed by atoms with E-state index in [0.29, 0.717) is 0 Å². The summed E-state index contributed by atoms with van der Waals surface area (Å²) in [6.45, 7) is 2.90. The molecule has 3 heteroatoms. The number of benzene rings is 1. The molecule has 0 saturated heterocycles. The molecule has 0 spiro atoms. The van der Waals surface area contributed by atoms with E-state index in [-0.39, 0.29) is 0 Å². The van der Waals surface area contributed by atoms with E-state index >= 15 is 0 Å². The molecule has 0 unspecified atom stereocenters. The first-order valence-corrected chi connectivity index (χ1v) is 6.05. The van der Waals surface area contributed by atoms with Crippen LogP contribution >= 0.6 is 0 Å². The number of pyridine rings is 1. The molecule has 0 atom stereocenters. The summed E-state index contributed by atoms with van der Waals surface area (Å²) in [5.41, 5.74) is 3.47. The summed E-state index contributed by atoms with van der Waals surface area (Å²) in [4.78, 5) is 7.62. The van der Waals surface area contributed by atoms with E-state index in [1.807, 2.05) is 18.3 Å². The number of aryl methyl sites for hydroxylation is 1. The van der Waals surface area contributed by atoms with E-state index in [0.717, 1.165) is 23.4 Å². The molecule has 3 aromatic rings. The predicted octanol–water partition coefficient (Wildman–Crippen LogP) is 3.48. The highest BCUT2D eigenvalue weighted by Crippen LogP contribution is 2.14. The first kappa shape index (κ1) is 10.8. The first-order chi connectivity index (χ1) is 8.81. The maximum Gasteiger partial charge on any atom is 0.139 e. The van der Waals surface area contributed by atoms with Crippen molar-refractivity contribution in [3.63, 3.8) is 0 Å². The molecule has 3 rings (SSSR count). The number of fused-ring (bicyclic) bond motifs is 1. The molecule has 0 aliphatic rings. The highest BCUT2D eigenvalue weighted by Gasteiger charge is 1.99. The summed E-state index contributed by atoms with van der Waals surface area (Å²) in [5, 5.41) is 4.47. The Morgan fingerprint density at radius 2 is 2.11 bits per heavy atom. The fourth-order valence-corrected chi connectivity index (χ4v) is 2.04. The van der Waals surface area contributed by atoms with Crippen LogP contribution in [0.25, 0.3) is 11.0 Å². The molecular weight excluding hydrogens is 222 g/mol. The SMILES string of the molecule is Cc1cccc(CNc2ccc3cc[nH]c3n2)c1. The monoisotopic (exact) mass is 237 g/mol. The van der Waals surface area contributed by atoms with Crippen molar-refractivity contribution >= 4 is 16.9 Å². The summed E-state index contributed by atoms with van der Waals surface area (Å²) in [7, 11) is 0. The van der Waals surface area contributed by atoms with Crippen molar-refractivity contribution in [1.29, 1.82) is 0 Å². The lowest BCUT2D eigenvalue weighted by molar-refractivity contribution is 1.11. The number of anilines is 1. The number of H-pyrrole nitrogens is 1. The van der Waals surface area contributed by atoms with Gasteiger partial charge in [-0.3, -0.25) is 0 Å². The van der Waals surface area contributed by atoms with E-state index in [9.17, 15) is 0 Å². The lowest BCUT2D eigenvalue weighted by atomic mass is 10.1. The fraction of sp³-hybridized carbons (Fsp3) is 0.133. The van der Waals surface area contributed by atoms with Crippen LogP contribution in [0.3, 0.4) is 0 Å². The second-order valence-electron chi connectivity index (χ2n) is 4.45. The minimum atomic E-state index is 0.793. The van der Waals surface area contributed by atoms with Crippen molar-refractivity contribution in [3.8, 4) is 0 Å². The van der Waals surface area contributed by atoms with Crippen molar-refractivity contribution in [2.75, 3.05) is 5.32 Å². The number of nitrogens with zero attached hydrogens (tertiary/aromatic N) is 1. The van der Waals surface area contributed by atoms with Gasteiger partial charge in [0.2, 0.25) is 0 Å². The Morgan fingerprint density at radius 3 is 3.00 bits per heavy atom.